The summed E-state index contributed by atoms with van der Waals surface area (Å²) in [4.78, 5) is 24.8. The molecule has 0 aliphatic rings. The second-order valence-corrected chi connectivity index (χ2v) is 10.1. The summed E-state index contributed by atoms with van der Waals surface area (Å²) in [7, 11) is 0. The first-order chi connectivity index (χ1) is 20.4. The summed E-state index contributed by atoms with van der Waals surface area (Å²) in [5.74, 6) is 1.05. The molecule has 4 rings (SSSR count). The van der Waals surface area contributed by atoms with E-state index < -0.39 is 11.9 Å². The minimum atomic E-state index is -0.472. The van der Waals surface area contributed by atoms with Gasteiger partial charge in [0.15, 0.2) is 0 Å². The lowest BCUT2D eigenvalue weighted by atomic mass is 10.1. The molecule has 0 N–H and O–H groups in total. The lowest BCUT2D eigenvalue weighted by molar-refractivity contribution is 0.0490. The van der Waals surface area contributed by atoms with E-state index in [1.54, 1.807) is 60.7 Å². The van der Waals surface area contributed by atoms with Gasteiger partial charge in [0.2, 0.25) is 0 Å². The van der Waals surface area contributed by atoms with Gasteiger partial charge in [-0.3, -0.25) is 0 Å². The normalized spacial score (nSPS) is 11.4. The van der Waals surface area contributed by atoms with E-state index in [1.165, 1.54) is 12.4 Å². The van der Waals surface area contributed by atoms with Crippen molar-refractivity contribution in [2.75, 3.05) is 13.2 Å². The van der Waals surface area contributed by atoms with Gasteiger partial charge in [-0.25, -0.2) is 9.59 Å². The number of rotatable bonds is 13. The number of carbonyl (C=O) groups is 2. The Morgan fingerprint density at radius 2 is 1.12 bits per heavy atom. The third kappa shape index (κ3) is 8.21. The molecule has 0 unspecified atom stereocenters. The van der Waals surface area contributed by atoms with Crippen molar-refractivity contribution in [2.45, 2.75) is 39.5 Å². The highest BCUT2D eigenvalue weighted by atomic mass is 35.5. The number of nitrogens with zero attached hydrogens (tertiary/aromatic N) is 2. The number of halogens is 2. The molecule has 4 aromatic rings. The molecule has 2 aromatic heterocycles. The van der Waals surface area contributed by atoms with Crippen molar-refractivity contribution in [2.24, 2.45) is 10.2 Å². The highest BCUT2D eigenvalue weighted by Gasteiger charge is 2.16. The van der Waals surface area contributed by atoms with Crippen molar-refractivity contribution in [3.05, 3.63) is 93.4 Å². The molecule has 0 saturated heterocycles. The Morgan fingerprint density at radius 3 is 1.52 bits per heavy atom. The maximum Gasteiger partial charge on any atom is 0.339 e. The zero-order valence-electron chi connectivity index (χ0n) is 23.3. The van der Waals surface area contributed by atoms with Gasteiger partial charge < -0.3 is 18.3 Å². The largest absolute Gasteiger partial charge is 0.462 e. The summed E-state index contributed by atoms with van der Waals surface area (Å²) < 4.78 is 22.2. The number of furan rings is 2. The Balaban J connectivity index is 1.39. The minimum absolute atomic E-state index is 0.279. The summed E-state index contributed by atoms with van der Waals surface area (Å²) >= 11 is 12.4. The molecule has 0 aliphatic heterocycles. The van der Waals surface area contributed by atoms with Gasteiger partial charge in [0, 0.05) is 11.1 Å². The van der Waals surface area contributed by atoms with Crippen molar-refractivity contribution >= 4 is 47.6 Å². The van der Waals surface area contributed by atoms with Gasteiger partial charge in [-0.2, -0.15) is 10.2 Å². The van der Waals surface area contributed by atoms with Crippen LogP contribution in [0.1, 0.15) is 71.8 Å². The van der Waals surface area contributed by atoms with Gasteiger partial charge in [-0.15, -0.1) is 0 Å². The highest BCUT2D eigenvalue weighted by Crippen LogP contribution is 2.28. The Kier molecular flexibility index (Phi) is 11.1. The van der Waals surface area contributed by atoms with Crippen molar-refractivity contribution in [3.63, 3.8) is 0 Å². The number of hydrogen-bond acceptors (Lipinski definition) is 8. The Bertz CT molecular complexity index is 1470. The van der Waals surface area contributed by atoms with E-state index in [4.69, 9.17) is 41.5 Å². The molecule has 2 heterocycles. The lowest BCUT2D eigenvalue weighted by Gasteiger charge is -2.07. The first-order valence-corrected chi connectivity index (χ1v) is 14.3. The fraction of sp³-hybridized carbons (Fsp3) is 0.250. The molecule has 218 valence electrons. The second-order valence-electron chi connectivity index (χ2n) is 9.26. The van der Waals surface area contributed by atoms with Gasteiger partial charge >= 0.3 is 11.9 Å². The van der Waals surface area contributed by atoms with Crippen LogP contribution in [-0.2, 0) is 9.47 Å². The molecule has 0 radical (unpaired) electrons. The Hall–Kier alpha value is -4.14. The fourth-order valence-corrected chi connectivity index (χ4v) is 4.17. The molecule has 0 spiro atoms. The van der Waals surface area contributed by atoms with Crippen LogP contribution in [0.5, 0.6) is 0 Å². The van der Waals surface area contributed by atoms with Crippen LogP contribution in [0, 0.1) is 0 Å². The summed E-state index contributed by atoms with van der Waals surface area (Å²) in [6, 6.07) is 17.1. The first kappa shape index (κ1) is 30.8. The number of unbranched alkanes of at least 4 members (excludes halogenated alkanes) is 2. The summed E-state index contributed by atoms with van der Waals surface area (Å²) in [5, 5.41) is 8.68. The van der Waals surface area contributed by atoms with Crippen LogP contribution in [0.2, 0.25) is 10.0 Å². The van der Waals surface area contributed by atoms with Crippen LogP contribution in [0.4, 0.5) is 0 Å². The smallest absolute Gasteiger partial charge is 0.339 e. The zero-order chi connectivity index (χ0) is 29.9. The second kappa shape index (κ2) is 15.2. The summed E-state index contributed by atoms with van der Waals surface area (Å²) in [5.41, 5.74) is 1.91. The van der Waals surface area contributed by atoms with E-state index in [0.717, 1.165) is 25.7 Å². The Labute approximate surface area is 253 Å². The van der Waals surface area contributed by atoms with Crippen molar-refractivity contribution in [3.8, 4) is 22.6 Å². The monoisotopic (exact) mass is 608 g/mol. The highest BCUT2D eigenvalue weighted by molar-refractivity contribution is 6.34. The van der Waals surface area contributed by atoms with Crippen LogP contribution < -0.4 is 0 Å². The van der Waals surface area contributed by atoms with Crippen LogP contribution in [0.25, 0.3) is 22.6 Å². The molecule has 0 atom stereocenters. The van der Waals surface area contributed by atoms with Gasteiger partial charge in [-0.05, 0) is 73.5 Å². The minimum Gasteiger partial charge on any atom is -0.462 e. The van der Waals surface area contributed by atoms with Crippen molar-refractivity contribution in [1.29, 1.82) is 0 Å². The quantitative estimate of drug-likeness (QED) is 0.0649. The third-order valence-electron chi connectivity index (χ3n) is 6.09. The van der Waals surface area contributed by atoms with Crippen LogP contribution in [0.3, 0.4) is 0 Å². The number of ether oxygens (including phenoxy) is 2. The van der Waals surface area contributed by atoms with Crippen LogP contribution in [-0.4, -0.2) is 37.6 Å². The van der Waals surface area contributed by atoms with Crippen LogP contribution >= 0.6 is 23.2 Å². The number of hydrogen-bond donors (Lipinski definition) is 0. The average molecular weight is 610 g/mol. The molecule has 0 bridgehead atoms. The number of carbonyl (C=O) groups excluding carboxylic acids is 2. The van der Waals surface area contributed by atoms with Gasteiger partial charge in [0.25, 0.3) is 0 Å². The van der Waals surface area contributed by atoms with Crippen molar-refractivity contribution < 1.29 is 27.9 Å². The predicted octanol–water partition coefficient (Wildman–Crippen LogP) is 8.88. The van der Waals surface area contributed by atoms with Crippen LogP contribution in [0.15, 0.2) is 79.7 Å². The van der Waals surface area contributed by atoms with Gasteiger partial charge in [0.1, 0.15) is 23.0 Å². The number of benzene rings is 2. The van der Waals surface area contributed by atoms with E-state index in [9.17, 15) is 9.59 Å². The third-order valence-corrected chi connectivity index (χ3v) is 6.75. The zero-order valence-corrected chi connectivity index (χ0v) is 24.8. The Morgan fingerprint density at radius 1 is 0.690 bits per heavy atom. The molecule has 10 heteroatoms. The molecule has 42 heavy (non-hydrogen) atoms. The summed E-state index contributed by atoms with van der Waals surface area (Å²) in [6.45, 7) is 4.72. The molecule has 0 fully saturated rings. The maximum atomic E-state index is 12.4. The molecular weight excluding hydrogens is 579 g/mol. The molecule has 0 aliphatic carbocycles. The molecular formula is C32H30Cl2N2O6. The van der Waals surface area contributed by atoms with Gasteiger partial charge in [0.05, 0.1) is 46.8 Å². The summed E-state index contributed by atoms with van der Waals surface area (Å²) in [6.07, 6.45) is 6.33. The van der Waals surface area contributed by atoms with E-state index >= 15 is 0 Å². The molecule has 0 saturated carbocycles. The standard InChI is InChI=1S/C32H30Cl2N2O6/c1-3-5-15-39-31(37)25-17-21(7-11-27(25)33)29-13-9-23(41-29)19-35-36-20-24-10-14-30(42-24)22-8-12-28(34)26(18-22)32(38)40-16-6-4-2/h7-14,17-20H,3-6,15-16H2,1-2H3/b35-19+,36-20+. The molecule has 8 nitrogen and oxygen atoms in total. The maximum absolute atomic E-state index is 12.4. The molecule has 0 amide bonds. The first-order valence-electron chi connectivity index (χ1n) is 13.6. The molecule has 2 aromatic carbocycles. The van der Waals surface area contributed by atoms with Gasteiger partial charge in [-0.1, -0.05) is 49.9 Å². The lowest BCUT2D eigenvalue weighted by Crippen LogP contribution is -2.07. The fourth-order valence-electron chi connectivity index (χ4n) is 3.78. The topological polar surface area (TPSA) is 104 Å². The SMILES string of the molecule is CCCCOC(=O)c1cc(-c2ccc(/C=N/N=C/c3ccc(-c4ccc(Cl)c(C(=O)OCCCC)c4)o3)o2)ccc1Cl. The van der Waals surface area contributed by atoms with E-state index in [2.05, 4.69) is 10.2 Å². The van der Waals surface area contributed by atoms with E-state index in [1.807, 2.05) is 13.8 Å². The average Bonchev–Trinajstić information content (AvgIpc) is 3.66. The van der Waals surface area contributed by atoms with E-state index in [-0.39, 0.29) is 11.1 Å². The number of esters is 2. The van der Waals surface area contributed by atoms with E-state index in [0.29, 0.717) is 57.4 Å². The van der Waals surface area contributed by atoms with Crippen molar-refractivity contribution in [1.82, 2.24) is 0 Å². The predicted molar refractivity (Wildman–Crippen MR) is 164 cm³/mol.